The second-order valence-electron chi connectivity index (χ2n) is 17.9. The molecular weight excluding hydrogens is 765 g/mol. The summed E-state index contributed by atoms with van der Waals surface area (Å²) in [4.78, 5) is 24.4. The van der Waals surface area contributed by atoms with E-state index in [1.165, 1.54) is 180 Å². The van der Waals surface area contributed by atoms with E-state index >= 15 is 0 Å². The van der Waals surface area contributed by atoms with Crippen LogP contribution in [0, 0.1) is 0 Å². The van der Waals surface area contributed by atoms with Crippen molar-refractivity contribution in [2.24, 2.45) is 0 Å². The minimum atomic E-state index is -0.794. The molecule has 0 aromatic carbocycles. The van der Waals surface area contributed by atoms with Gasteiger partial charge in [-0.25, -0.2) is 0 Å². The van der Waals surface area contributed by atoms with E-state index in [2.05, 4.69) is 74.6 Å². The lowest BCUT2D eigenvalue weighted by atomic mass is 10.0. The smallest absolute Gasteiger partial charge is 0.306 e. The number of aliphatic hydroxyl groups is 1. The summed E-state index contributed by atoms with van der Waals surface area (Å²) >= 11 is 0. The maximum absolute atomic E-state index is 12.2. The van der Waals surface area contributed by atoms with Crippen LogP contribution in [0.2, 0.25) is 0 Å². The average molecular weight is 867 g/mol. The summed E-state index contributed by atoms with van der Waals surface area (Å²) in [5.74, 6) is -0.632. The summed E-state index contributed by atoms with van der Waals surface area (Å²) in [5, 5.41) is 9.60. The summed E-state index contributed by atoms with van der Waals surface area (Å²) < 4.78 is 10.6. The molecule has 1 atom stereocenters. The number of unbranched alkanes of at least 4 members (excludes halogenated alkanes) is 31. The molecule has 0 aliphatic carbocycles. The van der Waals surface area contributed by atoms with Gasteiger partial charge in [0, 0.05) is 12.8 Å². The Bertz CT molecular complexity index is 1070. The first kappa shape index (κ1) is 59.6. The summed E-state index contributed by atoms with van der Waals surface area (Å²) in [6.45, 7) is 4.01. The summed E-state index contributed by atoms with van der Waals surface area (Å²) in [5.41, 5.74) is 0. The zero-order valence-electron chi connectivity index (χ0n) is 41.1. The molecule has 0 spiro atoms. The molecule has 0 bridgehead atoms. The second kappa shape index (κ2) is 52.9. The van der Waals surface area contributed by atoms with Gasteiger partial charge in [0.1, 0.15) is 6.61 Å². The van der Waals surface area contributed by atoms with Crippen LogP contribution in [0.25, 0.3) is 0 Å². The van der Waals surface area contributed by atoms with Gasteiger partial charge in [-0.3, -0.25) is 9.59 Å². The Morgan fingerprint density at radius 3 is 1.10 bits per heavy atom. The number of hydrogen-bond donors (Lipinski definition) is 1. The van der Waals surface area contributed by atoms with Crippen LogP contribution in [-0.4, -0.2) is 36.4 Å². The summed E-state index contributed by atoms with van der Waals surface area (Å²) in [6, 6.07) is 0. The maximum atomic E-state index is 12.2. The van der Waals surface area contributed by atoms with E-state index in [4.69, 9.17) is 9.47 Å². The largest absolute Gasteiger partial charge is 0.462 e. The van der Waals surface area contributed by atoms with Gasteiger partial charge >= 0.3 is 11.9 Å². The normalized spacial score (nSPS) is 12.6. The Morgan fingerprint density at radius 1 is 0.387 bits per heavy atom. The standard InChI is InChI=1S/C57H102O5/c1-3-5-7-9-11-13-15-17-19-20-21-22-23-24-25-26-27-28-29-30-31-32-33-34-35-36-38-39-41-43-45-47-49-51-56(59)61-54-55(53-58)62-57(60)52-50-48-46-44-42-40-37-18-16-14-12-10-8-6-4-2/h6,8,12,14,18,20-21,37,42,44,55,58H,3-5,7,9-11,13,15-17,19,22-36,38-41,43,45-54H2,1-2H3/b8-6-,14-12-,21-20-,37-18-,44-42-. The van der Waals surface area contributed by atoms with E-state index in [0.29, 0.717) is 12.8 Å². The number of carbonyl (C=O) groups excluding carboxylic acids is 2. The van der Waals surface area contributed by atoms with Crippen molar-refractivity contribution in [3.63, 3.8) is 0 Å². The van der Waals surface area contributed by atoms with Crippen LogP contribution in [-0.2, 0) is 19.1 Å². The molecule has 360 valence electrons. The van der Waals surface area contributed by atoms with Crippen LogP contribution in [0.4, 0.5) is 0 Å². The van der Waals surface area contributed by atoms with E-state index in [-0.39, 0.29) is 25.2 Å². The number of rotatable bonds is 49. The lowest BCUT2D eigenvalue weighted by molar-refractivity contribution is -0.161. The van der Waals surface area contributed by atoms with Crippen LogP contribution < -0.4 is 0 Å². The van der Waals surface area contributed by atoms with Gasteiger partial charge in [0.2, 0.25) is 0 Å². The van der Waals surface area contributed by atoms with Crippen molar-refractivity contribution in [3.05, 3.63) is 60.8 Å². The number of aliphatic hydroxyl groups excluding tert-OH is 1. The van der Waals surface area contributed by atoms with Gasteiger partial charge in [0.25, 0.3) is 0 Å². The van der Waals surface area contributed by atoms with Gasteiger partial charge in [0.15, 0.2) is 6.10 Å². The highest BCUT2D eigenvalue weighted by Crippen LogP contribution is 2.16. The fourth-order valence-electron chi connectivity index (χ4n) is 7.78. The zero-order chi connectivity index (χ0) is 44.9. The van der Waals surface area contributed by atoms with Gasteiger partial charge in [-0.2, -0.15) is 0 Å². The molecule has 5 nitrogen and oxygen atoms in total. The fraction of sp³-hybridized carbons (Fsp3) is 0.789. The van der Waals surface area contributed by atoms with Crippen molar-refractivity contribution in [3.8, 4) is 0 Å². The Morgan fingerprint density at radius 2 is 0.694 bits per heavy atom. The van der Waals surface area contributed by atoms with Gasteiger partial charge < -0.3 is 14.6 Å². The van der Waals surface area contributed by atoms with Crippen molar-refractivity contribution >= 4 is 11.9 Å². The highest BCUT2D eigenvalue weighted by Gasteiger charge is 2.16. The first-order valence-corrected chi connectivity index (χ1v) is 26.8. The average Bonchev–Trinajstić information content (AvgIpc) is 3.28. The van der Waals surface area contributed by atoms with Crippen molar-refractivity contribution in [1.82, 2.24) is 0 Å². The second-order valence-corrected chi connectivity index (χ2v) is 17.9. The maximum Gasteiger partial charge on any atom is 0.306 e. The first-order chi connectivity index (χ1) is 30.6. The molecule has 0 aliphatic rings. The van der Waals surface area contributed by atoms with Crippen molar-refractivity contribution in [2.45, 2.75) is 277 Å². The molecule has 0 radical (unpaired) electrons. The van der Waals surface area contributed by atoms with E-state index in [0.717, 1.165) is 64.2 Å². The number of ether oxygens (including phenoxy) is 2. The van der Waals surface area contributed by atoms with Crippen LogP contribution >= 0.6 is 0 Å². The van der Waals surface area contributed by atoms with Gasteiger partial charge in [0.05, 0.1) is 6.61 Å². The number of allylic oxidation sites excluding steroid dienone is 10. The third-order valence-corrected chi connectivity index (χ3v) is 11.8. The predicted molar refractivity (Wildman–Crippen MR) is 270 cm³/mol. The quantitative estimate of drug-likeness (QED) is 0.0375. The monoisotopic (exact) mass is 867 g/mol. The molecule has 0 saturated heterocycles. The molecule has 0 saturated carbocycles. The number of hydrogen-bond acceptors (Lipinski definition) is 5. The number of esters is 2. The molecule has 1 N–H and O–H groups in total. The number of carbonyl (C=O) groups is 2. The van der Waals surface area contributed by atoms with Crippen LogP contribution in [0.15, 0.2) is 60.8 Å². The zero-order valence-corrected chi connectivity index (χ0v) is 41.1. The van der Waals surface area contributed by atoms with E-state index in [9.17, 15) is 14.7 Å². The molecule has 0 heterocycles. The van der Waals surface area contributed by atoms with Crippen molar-refractivity contribution in [1.29, 1.82) is 0 Å². The topological polar surface area (TPSA) is 72.8 Å². The minimum absolute atomic E-state index is 0.0820. The Kier molecular flexibility index (Phi) is 50.9. The molecule has 0 aromatic rings. The van der Waals surface area contributed by atoms with Gasteiger partial charge in [-0.15, -0.1) is 0 Å². The predicted octanol–water partition coefficient (Wildman–Crippen LogP) is 17.9. The molecule has 0 fully saturated rings. The molecule has 5 heteroatoms. The molecular formula is C57H102O5. The Hall–Kier alpha value is -2.40. The Balaban J connectivity index is 3.44. The molecule has 0 amide bonds. The fourth-order valence-corrected chi connectivity index (χ4v) is 7.78. The highest BCUT2D eigenvalue weighted by atomic mass is 16.6. The minimum Gasteiger partial charge on any atom is -0.462 e. The third-order valence-electron chi connectivity index (χ3n) is 11.8. The van der Waals surface area contributed by atoms with E-state index in [1.807, 2.05) is 0 Å². The molecule has 0 aromatic heterocycles. The van der Waals surface area contributed by atoms with Crippen LogP contribution in [0.3, 0.4) is 0 Å². The van der Waals surface area contributed by atoms with Crippen molar-refractivity contribution in [2.75, 3.05) is 13.2 Å². The highest BCUT2D eigenvalue weighted by molar-refractivity contribution is 5.70. The molecule has 0 rings (SSSR count). The van der Waals surface area contributed by atoms with Crippen molar-refractivity contribution < 1.29 is 24.2 Å². The molecule has 1 unspecified atom stereocenters. The van der Waals surface area contributed by atoms with Crippen LogP contribution in [0.5, 0.6) is 0 Å². The Labute approximate surface area is 385 Å². The molecule has 0 aliphatic heterocycles. The van der Waals surface area contributed by atoms with Gasteiger partial charge in [-0.1, -0.05) is 242 Å². The van der Waals surface area contributed by atoms with E-state index < -0.39 is 6.10 Å². The first-order valence-electron chi connectivity index (χ1n) is 26.8. The lowest BCUT2D eigenvalue weighted by Gasteiger charge is -2.15. The van der Waals surface area contributed by atoms with E-state index in [1.54, 1.807) is 0 Å². The third kappa shape index (κ3) is 50.2. The summed E-state index contributed by atoms with van der Waals surface area (Å²) in [6.07, 6.45) is 70.7. The SMILES string of the molecule is CC/C=C\C/C=C\C/C=C\C/C=C\CCCCC(=O)OC(CO)COC(=O)CCCCCCCCCCCCCCCCCCCCCCC/C=C\CCCCCCCCCC. The lowest BCUT2D eigenvalue weighted by Crippen LogP contribution is -2.28. The van der Waals surface area contributed by atoms with Crippen LogP contribution in [0.1, 0.15) is 271 Å². The molecule has 62 heavy (non-hydrogen) atoms. The summed E-state index contributed by atoms with van der Waals surface area (Å²) in [7, 11) is 0. The van der Waals surface area contributed by atoms with Gasteiger partial charge in [-0.05, 0) is 77.0 Å².